The molecule has 0 radical (unpaired) electrons. The molecule has 20 heteroatoms. The van der Waals surface area contributed by atoms with E-state index in [0.29, 0.717) is 0 Å². The molecular formula is CH3Au2N2NaO12S3. The Hall–Kier alpha value is 1.56. The smallest absolute Gasteiger partial charge is 0.759 e. The normalized spacial score (nSPS) is 8.86. The first-order chi connectivity index (χ1) is 7.41. The second-order valence-corrected chi connectivity index (χ2v) is 3.82. The summed E-state index contributed by atoms with van der Waals surface area (Å²) >= 11 is 0. The Morgan fingerprint density at radius 3 is 0.667 bits per heavy atom. The zero-order valence-corrected chi connectivity index (χ0v) is 18.1. The van der Waals surface area contributed by atoms with Crippen molar-refractivity contribution in [2.24, 2.45) is 5.73 Å². The van der Waals surface area contributed by atoms with Crippen molar-refractivity contribution in [3.8, 4) is 0 Å². The van der Waals surface area contributed by atoms with Crippen molar-refractivity contribution in [3.05, 3.63) is 0 Å². The second-order valence-electron chi connectivity index (χ2n) is 1.37. The zero-order chi connectivity index (χ0) is 16.2. The maximum atomic E-state index is 8.52. The van der Waals surface area contributed by atoms with E-state index in [0.717, 1.165) is 0 Å². The zero-order valence-electron chi connectivity index (χ0n) is 9.30. The van der Waals surface area contributed by atoms with Crippen LogP contribution in [0.3, 0.4) is 0 Å². The SMILES string of the molecule is N=[C-]N.O=S(=O)([O-])[O-].O=S(=O)([O-])[O-].O=S(=O)([O-])[O-].[Au+3].[Au+3].[Na+]. The molecule has 0 fully saturated rings. The molecule has 130 valence electrons. The maximum Gasteiger partial charge on any atom is 3.00 e. The van der Waals surface area contributed by atoms with Gasteiger partial charge in [0.25, 0.3) is 0 Å². The number of nitrogens with two attached hydrogens (primary N) is 1. The first-order valence-electron chi connectivity index (χ1n) is 2.54. The Bertz CT molecular complexity index is 401. The summed E-state index contributed by atoms with van der Waals surface area (Å²) in [5, 5.41) is 5.74. The van der Waals surface area contributed by atoms with Crippen LogP contribution in [0.25, 0.3) is 0 Å². The van der Waals surface area contributed by atoms with Gasteiger partial charge < -0.3 is 44.8 Å². The molecule has 0 aliphatic rings. The Balaban J connectivity index is -0.0000000241. The van der Waals surface area contributed by atoms with Gasteiger partial charge in [0.05, 0.1) is 0 Å². The summed E-state index contributed by atoms with van der Waals surface area (Å²) in [6.07, 6.45) is 1.50. The minimum Gasteiger partial charge on any atom is -0.759 e. The average Bonchev–Trinajstić information content (AvgIpc) is 1.71. The van der Waals surface area contributed by atoms with Crippen molar-refractivity contribution in [1.29, 1.82) is 5.41 Å². The summed E-state index contributed by atoms with van der Waals surface area (Å²) in [6.45, 7) is 0. The van der Waals surface area contributed by atoms with E-state index in [9.17, 15) is 0 Å². The van der Waals surface area contributed by atoms with Gasteiger partial charge in [0, 0.05) is 31.2 Å². The Morgan fingerprint density at radius 1 is 0.667 bits per heavy atom. The van der Waals surface area contributed by atoms with Gasteiger partial charge in [0.2, 0.25) is 0 Å². The van der Waals surface area contributed by atoms with E-state index in [1.165, 1.54) is 6.34 Å². The van der Waals surface area contributed by atoms with Gasteiger partial charge in [-0.3, -0.25) is 25.3 Å². The largest absolute Gasteiger partial charge is 3.00 e. The molecule has 0 amide bonds. The van der Waals surface area contributed by atoms with E-state index in [4.69, 9.17) is 58.0 Å². The summed E-state index contributed by atoms with van der Waals surface area (Å²) < 4.78 is 102. The topological polar surface area (TPSA) is 291 Å². The molecule has 0 aromatic carbocycles. The third-order valence-electron chi connectivity index (χ3n) is 0. The summed E-state index contributed by atoms with van der Waals surface area (Å²) in [7, 11) is -15.5. The number of rotatable bonds is 0. The maximum absolute atomic E-state index is 8.52. The third kappa shape index (κ3) is 3390. The fraction of sp³-hybridized carbons (Fsp3) is 0. The van der Waals surface area contributed by atoms with Crippen molar-refractivity contribution < 1.29 is 127 Å². The van der Waals surface area contributed by atoms with Gasteiger partial charge in [-0.05, 0) is 0 Å². The molecule has 0 aliphatic heterocycles. The van der Waals surface area contributed by atoms with Crippen molar-refractivity contribution >= 4 is 37.5 Å². The summed E-state index contributed by atoms with van der Waals surface area (Å²) in [4.78, 5) is 0. The molecule has 0 heterocycles. The molecule has 14 nitrogen and oxygen atoms in total. The average molecular weight is 748 g/mol. The van der Waals surface area contributed by atoms with Crippen molar-refractivity contribution in [2.75, 3.05) is 0 Å². The fourth-order valence-corrected chi connectivity index (χ4v) is 0. The van der Waals surface area contributed by atoms with Crippen LogP contribution in [-0.2, 0) is 76.0 Å². The van der Waals surface area contributed by atoms with Gasteiger partial charge >= 0.3 is 74.3 Å². The molecule has 3 N–H and O–H groups in total. The fourth-order valence-electron chi connectivity index (χ4n) is 0. The van der Waals surface area contributed by atoms with Crippen LogP contribution in [0, 0.1) is 5.41 Å². The van der Waals surface area contributed by atoms with Gasteiger partial charge in [-0.1, -0.05) is 0 Å². The molecule has 21 heavy (non-hydrogen) atoms. The second kappa shape index (κ2) is 21.6. The predicted octanol–water partition coefficient (Wildman–Crippen LogP) is -7.59. The van der Waals surface area contributed by atoms with Crippen LogP contribution in [0.5, 0.6) is 0 Å². The van der Waals surface area contributed by atoms with Gasteiger partial charge in [0.1, 0.15) is 0 Å². The third-order valence-corrected chi connectivity index (χ3v) is 0. The molecule has 0 bridgehead atoms. The number of hydrogen-bond acceptors (Lipinski definition) is 13. The van der Waals surface area contributed by atoms with E-state index < -0.39 is 31.2 Å². The van der Waals surface area contributed by atoms with E-state index in [1.54, 1.807) is 0 Å². The van der Waals surface area contributed by atoms with Crippen molar-refractivity contribution in [3.63, 3.8) is 0 Å². The molecule has 0 saturated heterocycles. The molecule has 0 saturated carbocycles. The predicted molar refractivity (Wildman–Crippen MR) is 43.3 cm³/mol. The molecule has 0 aromatic rings. The standard InChI is InChI=1S/CH3N2.2Au.Na.3H2O4S/c2-1-3;;;;3*1-5(2,3)4/h(H3,2,3);;;;3*(H2,1,2,3,4)/q-1;2*+3;+1;;;/p-6. The minimum atomic E-state index is -5.17. The Labute approximate surface area is 173 Å². The molecule has 0 aliphatic carbocycles. The van der Waals surface area contributed by atoms with E-state index in [-0.39, 0.29) is 74.3 Å². The summed E-state index contributed by atoms with van der Waals surface area (Å²) in [5.41, 5.74) is 4.26. The Morgan fingerprint density at radius 2 is 0.667 bits per heavy atom. The molecule has 0 spiro atoms. The first kappa shape index (κ1) is 43.3. The van der Waals surface area contributed by atoms with Gasteiger partial charge in [-0.25, -0.2) is 0 Å². The minimum absolute atomic E-state index is 0. The van der Waals surface area contributed by atoms with Crippen LogP contribution in [0.15, 0.2) is 0 Å². The van der Waals surface area contributed by atoms with E-state index in [2.05, 4.69) is 5.73 Å². The Kier molecular flexibility index (Phi) is 44.5. The van der Waals surface area contributed by atoms with Crippen LogP contribution < -0.4 is 35.3 Å². The number of nitrogens with one attached hydrogen (secondary N) is 1. The van der Waals surface area contributed by atoms with Gasteiger partial charge in [-0.15, -0.1) is 0 Å². The van der Waals surface area contributed by atoms with Crippen molar-refractivity contribution in [2.45, 2.75) is 0 Å². The van der Waals surface area contributed by atoms with E-state index in [1.807, 2.05) is 0 Å². The van der Waals surface area contributed by atoms with Gasteiger partial charge in [-0.2, -0.15) is 0 Å². The quantitative estimate of drug-likeness (QED) is 0.0443. The van der Waals surface area contributed by atoms with Crippen molar-refractivity contribution in [1.82, 2.24) is 0 Å². The van der Waals surface area contributed by atoms with Crippen LogP contribution >= 0.6 is 0 Å². The van der Waals surface area contributed by atoms with Crippen LogP contribution in [0.1, 0.15) is 0 Å². The van der Waals surface area contributed by atoms with Gasteiger partial charge in [0.15, 0.2) is 0 Å². The first-order valence-corrected chi connectivity index (χ1v) is 6.54. The van der Waals surface area contributed by atoms with Crippen LogP contribution in [-0.4, -0.2) is 58.9 Å². The molecule has 0 atom stereocenters. The molecular weight excluding hydrogens is 745 g/mol. The van der Waals surface area contributed by atoms with E-state index >= 15 is 0 Å². The summed E-state index contributed by atoms with van der Waals surface area (Å²) in [6, 6.07) is 0. The summed E-state index contributed by atoms with van der Waals surface area (Å²) in [5.74, 6) is 0. The number of hydrogen-bond donors (Lipinski definition) is 2. The molecule has 0 rings (SSSR count). The molecule has 0 unspecified atom stereocenters. The van der Waals surface area contributed by atoms with Crippen LogP contribution in [0.4, 0.5) is 0 Å². The molecule has 0 aromatic heterocycles. The van der Waals surface area contributed by atoms with Crippen LogP contribution in [0.2, 0.25) is 0 Å². The monoisotopic (exact) mass is 748 g/mol.